The van der Waals surface area contributed by atoms with Gasteiger partial charge in [0, 0.05) is 31.0 Å². The van der Waals surface area contributed by atoms with E-state index in [4.69, 9.17) is 0 Å². The number of pyridine rings is 1. The van der Waals surface area contributed by atoms with Crippen LogP contribution >= 0.6 is 0 Å². The lowest BCUT2D eigenvalue weighted by Crippen LogP contribution is -2.36. The molecule has 1 fully saturated rings. The monoisotopic (exact) mass is 234 g/mol. The summed E-state index contributed by atoms with van der Waals surface area (Å²) in [4.78, 5) is 28.5. The van der Waals surface area contributed by atoms with Crippen LogP contribution in [0.3, 0.4) is 0 Å². The molecule has 0 unspecified atom stereocenters. The van der Waals surface area contributed by atoms with Crippen LogP contribution in [0, 0.1) is 0 Å². The van der Waals surface area contributed by atoms with Crippen molar-refractivity contribution in [2.45, 2.75) is 38.6 Å². The first-order valence-corrected chi connectivity index (χ1v) is 6.22. The first kappa shape index (κ1) is 11.9. The van der Waals surface area contributed by atoms with Crippen LogP contribution in [0.2, 0.25) is 0 Å². The van der Waals surface area contributed by atoms with Crippen molar-refractivity contribution in [2.75, 3.05) is 6.54 Å². The Morgan fingerprint density at radius 2 is 2.29 bits per heavy atom. The van der Waals surface area contributed by atoms with Gasteiger partial charge >= 0.3 is 0 Å². The largest absolute Gasteiger partial charge is 0.367 e. The number of carbonyl (C=O) groups excluding carboxylic acids is 1. The summed E-state index contributed by atoms with van der Waals surface area (Å²) < 4.78 is 0. The Kier molecular flexibility index (Phi) is 3.61. The molecule has 1 aliphatic rings. The van der Waals surface area contributed by atoms with Gasteiger partial charge in [-0.25, -0.2) is 0 Å². The molecule has 92 valence electrons. The van der Waals surface area contributed by atoms with Gasteiger partial charge in [0.05, 0.1) is 0 Å². The quantitative estimate of drug-likeness (QED) is 0.844. The number of rotatable bonds is 5. The maximum Gasteiger partial charge on any atom is 0.259 e. The molecule has 0 bridgehead atoms. The Bertz CT molecular complexity index is 449. The standard InChI is InChI=1S/C13H18N2O2/c1-2-3-8-15(10-4-5-10)13(17)11-9-14-7-6-12(11)16/h6-7,9-10H,2-5,8H2,1H3,(H,14,16). The average molecular weight is 234 g/mol. The predicted octanol–water partition coefficient (Wildman–Crippen LogP) is 1.78. The lowest BCUT2D eigenvalue weighted by Gasteiger charge is -2.21. The number of amides is 1. The van der Waals surface area contributed by atoms with Gasteiger partial charge in [-0.15, -0.1) is 0 Å². The Balaban J connectivity index is 2.16. The molecule has 1 aromatic rings. The summed E-state index contributed by atoms with van der Waals surface area (Å²) in [6.07, 6.45) is 7.24. The topological polar surface area (TPSA) is 53.2 Å². The zero-order chi connectivity index (χ0) is 12.3. The summed E-state index contributed by atoms with van der Waals surface area (Å²) in [5.74, 6) is -0.122. The fourth-order valence-electron chi connectivity index (χ4n) is 1.90. The average Bonchev–Trinajstić information content (AvgIpc) is 3.14. The van der Waals surface area contributed by atoms with E-state index >= 15 is 0 Å². The van der Waals surface area contributed by atoms with Gasteiger partial charge in [-0.2, -0.15) is 0 Å². The third-order valence-electron chi connectivity index (χ3n) is 3.06. The maximum atomic E-state index is 12.3. The van der Waals surface area contributed by atoms with Crippen LogP contribution < -0.4 is 5.43 Å². The number of unbranched alkanes of at least 4 members (excludes halogenated alkanes) is 1. The van der Waals surface area contributed by atoms with Crippen molar-refractivity contribution < 1.29 is 4.79 Å². The molecule has 1 amide bonds. The van der Waals surface area contributed by atoms with Gasteiger partial charge in [0.25, 0.3) is 5.91 Å². The second-order valence-corrected chi connectivity index (χ2v) is 4.51. The lowest BCUT2D eigenvalue weighted by molar-refractivity contribution is 0.0739. The highest BCUT2D eigenvalue weighted by Gasteiger charge is 2.33. The molecule has 2 rings (SSSR count). The van der Waals surface area contributed by atoms with Crippen molar-refractivity contribution in [3.63, 3.8) is 0 Å². The van der Waals surface area contributed by atoms with E-state index in [0.29, 0.717) is 6.04 Å². The minimum Gasteiger partial charge on any atom is -0.367 e. The van der Waals surface area contributed by atoms with Crippen molar-refractivity contribution in [3.05, 3.63) is 34.2 Å². The molecule has 0 spiro atoms. The van der Waals surface area contributed by atoms with Gasteiger partial charge in [-0.3, -0.25) is 9.59 Å². The van der Waals surface area contributed by atoms with Crippen molar-refractivity contribution in [1.82, 2.24) is 9.88 Å². The van der Waals surface area contributed by atoms with E-state index in [1.54, 1.807) is 6.20 Å². The summed E-state index contributed by atoms with van der Waals surface area (Å²) in [5.41, 5.74) is 0.0615. The second kappa shape index (κ2) is 5.17. The Labute approximate surface area is 101 Å². The van der Waals surface area contributed by atoms with Gasteiger partial charge in [-0.05, 0) is 19.3 Å². The third-order valence-corrected chi connectivity index (χ3v) is 3.06. The fraction of sp³-hybridized carbons (Fsp3) is 0.538. The number of nitrogens with zero attached hydrogens (tertiary/aromatic N) is 1. The first-order chi connectivity index (χ1) is 8.24. The minimum absolute atomic E-state index is 0.122. The van der Waals surface area contributed by atoms with Crippen LogP contribution in [0.15, 0.2) is 23.3 Å². The SMILES string of the molecule is CCCCN(C(=O)c1c[nH]ccc1=O)C1CC1. The summed E-state index contributed by atoms with van der Waals surface area (Å²) in [7, 11) is 0. The minimum atomic E-state index is -0.198. The maximum absolute atomic E-state index is 12.3. The number of nitrogens with one attached hydrogen (secondary N) is 1. The second-order valence-electron chi connectivity index (χ2n) is 4.51. The Hall–Kier alpha value is -1.58. The van der Waals surface area contributed by atoms with Crippen molar-refractivity contribution in [1.29, 1.82) is 0 Å². The highest BCUT2D eigenvalue weighted by Crippen LogP contribution is 2.28. The van der Waals surface area contributed by atoms with Crippen molar-refractivity contribution in [3.8, 4) is 0 Å². The van der Waals surface area contributed by atoms with Crippen LogP contribution in [0.1, 0.15) is 43.0 Å². The molecule has 1 aromatic heterocycles. The summed E-state index contributed by atoms with van der Waals surface area (Å²) >= 11 is 0. The van der Waals surface area contributed by atoms with E-state index in [0.717, 1.165) is 32.2 Å². The highest BCUT2D eigenvalue weighted by atomic mass is 16.2. The number of hydrogen-bond acceptors (Lipinski definition) is 2. The van der Waals surface area contributed by atoms with Crippen molar-refractivity contribution in [2.24, 2.45) is 0 Å². The van der Waals surface area contributed by atoms with Gasteiger partial charge in [0.1, 0.15) is 5.56 Å². The van der Waals surface area contributed by atoms with Gasteiger partial charge < -0.3 is 9.88 Å². The van der Waals surface area contributed by atoms with Gasteiger partial charge in [0.2, 0.25) is 0 Å². The fourth-order valence-corrected chi connectivity index (χ4v) is 1.90. The highest BCUT2D eigenvalue weighted by molar-refractivity contribution is 5.94. The molecule has 0 saturated heterocycles. The van der Waals surface area contributed by atoms with Gasteiger partial charge in [-0.1, -0.05) is 13.3 Å². The third kappa shape index (κ3) is 2.75. The van der Waals surface area contributed by atoms with Crippen LogP contribution in [-0.2, 0) is 0 Å². The van der Waals surface area contributed by atoms with Crippen LogP contribution in [0.5, 0.6) is 0 Å². The van der Waals surface area contributed by atoms with E-state index < -0.39 is 0 Å². The van der Waals surface area contributed by atoms with Crippen molar-refractivity contribution >= 4 is 5.91 Å². The van der Waals surface area contributed by atoms with Gasteiger partial charge in [0.15, 0.2) is 5.43 Å². The van der Waals surface area contributed by atoms with Crippen LogP contribution in [0.4, 0.5) is 0 Å². The summed E-state index contributed by atoms with van der Waals surface area (Å²) in [6.45, 7) is 2.86. The predicted molar refractivity (Wildman–Crippen MR) is 66.0 cm³/mol. The lowest BCUT2D eigenvalue weighted by atomic mass is 10.2. The van der Waals surface area contributed by atoms with E-state index in [2.05, 4.69) is 11.9 Å². The molecule has 0 aliphatic heterocycles. The molecule has 1 aliphatic carbocycles. The molecular formula is C13H18N2O2. The molecule has 4 heteroatoms. The zero-order valence-electron chi connectivity index (χ0n) is 10.1. The number of aromatic nitrogens is 1. The summed E-state index contributed by atoms with van der Waals surface area (Å²) in [5, 5.41) is 0. The smallest absolute Gasteiger partial charge is 0.259 e. The molecule has 1 heterocycles. The number of hydrogen-bond donors (Lipinski definition) is 1. The van der Waals surface area contributed by atoms with E-state index in [1.165, 1.54) is 12.3 Å². The zero-order valence-corrected chi connectivity index (χ0v) is 10.1. The molecular weight excluding hydrogens is 216 g/mol. The number of H-pyrrole nitrogens is 1. The molecule has 0 atom stereocenters. The Morgan fingerprint density at radius 1 is 1.53 bits per heavy atom. The number of aromatic amines is 1. The molecule has 17 heavy (non-hydrogen) atoms. The first-order valence-electron chi connectivity index (χ1n) is 6.22. The Morgan fingerprint density at radius 3 is 2.88 bits per heavy atom. The molecule has 1 N–H and O–H groups in total. The van der Waals surface area contributed by atoms with E-state index in [-0.39, 0.29) is 16.9 Å². The number of carbonyl (C=O) groups is 1. The van der Waals surface area contributed by atoms with Crippen LogP contribution in [0.25, 0.3) is 0 Å². The van der Waals surface area contributed by atoms with E-state index in [9.17, 15) is 9.59 Å². The molecule has 4 nitrogen and oxygen atoms in total. The summed E-state index contributed by atoms with van der Waals surface area (Å²) in [6, 6.07) is 1.76. The van der Waals surface area contributed by atoms with E-state index in [1.807, 2.05) is 4.90 Å². The molecule has 0 radical (unpaired) electrons. The molecule has 0 aromatic carbocycles. The molecule has 1 saturated carbocycles. The van der Waals surface area contributed by atoms with Crippen LogP contribution in [-0.4, -0.2) is 28.4 Å². The normalized spacial score (nSPS) is 14.6.